The van der Waals surface area contributed by atoms with Gasteiger partial charge in [-0.15, -0.1) is 11.3 Å². The van der Waals surface area contributed by atoms with Crippen molar-refractivity contribution in [3.63, 3.8) is 0 Å². The monoisotopic (exact) mass is 530 g/mol. The van der Waals surface area contributed by atoms with Crippen LogP contribution in [0.1, 0.15) is 34.5 Å². The maximum atomic E-state index is 12.3. The van der Waals surface area contributed by atoms with E-state index in [4.69, 9.17) is 5.11 Å². The Bertz CT molecular complexity index is 1040. The van der Waals surface area contributed by atoms with Crippen LogP contribution in [0.4, 0.5) is 13.2 Å². The number of thioether (sulfide) groups is 1. The molecule has 3 rings (SSSR count). The summed E-state index contributed by atoms with van der Waals surface area (Å²) < 4.78 is 42.0. The molecule has 0 saturated carbocycles. The number of amides is 1. The number of carbonyl (C=O) groups is 2. The van der Waals surface area contributed by atoms with Gasteiger partial charge in [0.25, 0.3) is 0 Å². The molecular formula is C23H25F3N2O5S2. The maximum absolute atomic E-state index is 12.3. The summed E-state index contributed by atoms with van der Waals surface area (Å²) in [6.07, 6.45) is -0.431. The van der Waals surface area contributed by atoms with E-state index in [1.807, 2.05) is 6.08 Å². The number of nitrogens with zero attached hydrogens (tertiary/aromatic N) is 2. The molecule has 1 amide bonds. The van der Waals surface area contributed by atoms with Crippen LogP contribution in [0.3, 0.4) is 0 Å². The summed E-state index contributed by atoms with van der Waals surface area (Å²) in [6, 6.07) is 6.70. The average molecular weight is 531 g/mol. The van der Waals surface area contributed by atoms with Gasteiger partial charge in [-0.1, -0.05) is 48.2 Å². The fourth-order valence-electron chi connectivity index (χ4n) is 3.60. The Morgan fingerprint density at radius 1 is 1.37 bits per heavy atom. The van der Waals surface area contributed by atoms with E-state index in [2.05, 4.69) is 9.72 Å². The highest BCUT2D eigenvalue weighted by Gasteiger charge is 2.29. The molecule has 2 aromatic rings. The molecule has 1 aromatic carbocycles. The number of carboxylic acids is 1. The van der Waals surface area contributed by atoms with Gasteiger partial charge in [0.2, 0.25) is 5.91 Å². The van der Waals surface area contributed by atoms with Crippen LogP contribution in [0.2, 0.25) is 0 Å². The Morgan fingerprint density at radius 2 is 2.14 bits per heavy atom. The van der Waals surface area contributed by atoms with Crippen LogP contribution in [0, 0.1) is 0 Å². The van der Waals surface area contributed by atoms with Crippen LogP contribution in [0.5, 0.6) is 0 Å². The van der Waals surface area contributed by atoms with Gasteiger partial charge in [0, 0.05) is 30.5 Å². The first-order chi connectivity index (χ1) is 16.6. The van der Waals surface area contributed by atoms with E-state index >= 15 is 0 Å². The standard InChI is InChI=1S/C23H25F3N2O5S2/c24-23(25,26)14-33-12-16-3-1-2-15(10-16)11-18(29)6-4-17-5-7-20(30)28(17)8-9-34-22-27-19(13-35-22)21(31)32/h1-4,6,10,13,17-18,29H,5,7-9,11-12,14H2,(H,31,32)/b6-4+/t17?,18-/m1/s1. The van der Waals surface area contributed by atoms with E-state index in [1.165, 1.54) is 28.5 Å². The summed E-state index contributed by atoms with van der Waals surface area (Å²) in [5.41, 5.74) is 1.35. The average Bonchev–Trinajstić information content (AvgIpc) is 3.39. The van der Waals surface area contributed by atoms with E-state index in [9.17, 15) is 27.9 Å². The highest BCUT2D eigenvalue weighted by molar-refractivity contribution is 8.01. The number of halogens is 3. The zero-order valence-electron chi connectivity index (χ0n) is 18.6. The maximum Gasteiger partial charge on any atom is 0.411 e. The van der Waals surface area contributed by atoms with Gasteiger partial charge in [0.05, 0.1) is 18.8 Å². The predicted octanol–water partition coefficient (Wildman–Crippen LogP) is 4.16. The van der Waals surface area contributed by atoms with Crippen molar-refractivity contribution in [3.05, 3.63) is 58.6 Å². The van der Waals surface area contributed by atoms with Crippen molar-refractivity contribution < 1.29 is 37.7 Å². The highest BCUT2D eigenvalue weighted by atomic mass is 32.2. The van der Waals surface area contributed by atoms with Crippen molar-refractivity contribution in [3.8, 4) is 0 Å². The van der Waals surface area contributed by atoms with E-state index < -0.39 is 24.9 Å². The minimum atomic E-state index is -4.38. The Morgan fingerprint density at radius 3 is 2.86 bits per heavy atom. The summed E-state index contributed by atoms with van der Waals surface area (Å²) in [6.45, 7) is -1.02. The summed E-state index contributed by atoms with van der Waals surface area (Å²) in [7, 11) is 0. The Balaban J connectivity index is 1.48. The highest BCUT2D eigenvalue weighted by Crippen LogP contribution is 2.25. The first kappa shape index (κ1) is 27.2. The smallest absolute Gasteiger partial charge is 0.411 e. The quantitative estimate of drug-likeness (QED) is 0.314. The van der Waals surface area contributed by atoms with Gasteiger partial charge in [-0.3, -0.25) is 4.79 Å². The lowest BCUT2D eigenvalue weighted by Gasteiger charge is -2.22. The zero-order chi connectivity index (χ0) is 25.4. The number of aromatic nitrogens is 1. The molecule has 1 aromatic heterocycles. The van der Waals surface area contributed by atoms with Crippen LogP contribution in [0.15, 0.2) is 46.1 Å². The number of ether oxygens (including phenoxy) is 1. The number of benzene rings is 1. The number of hydrogen-bond donors (Lipinski definition) is 2. The minimum Gasteiger partial charge on any atom is -0.476 e. The molecule has 2 heterocycles. The lowest BCUT2D eigenvalue weighted by Crippen LogP contribution is -2.33. The van der Waals surface area contributed by atoms with Gasteiger partial charge < -0.3 is 19.8 Å². The Hall–Kier alpha value is -2.41. The largest absolute Gasteiger partial charge is 0.476 e. The Kier molecular flexibility index (Phi) is 9.72. The molecule has 0 bridgehead atoms. The van der Waals surface area contributed by atoms with Crippen molar-refractivity contribution >= 4 is 35.0 Å². The molecule has 1 aliphatic rings. The second kappa shape index (κ2) is 12.5. The predicted molar refractivity (Wildman–Crippen MR) is 126 cm³/mol. The number of likely N-dealkylation sites (tertiary alicyclic amines) is 1. The number of carbonyl (C=O) groups excluding carboxylic acids is 1. The number of carboxylic acid groups (broad SMARTS) is 1. The molecule has 1 aliphatic heterocycles. The fourth-order valence-corrected chi connectivity index (χ4v) is 5.41. The second-order valence-corrected chi connectivity index (χ2v) is 10.1. The summed E-state index contributed by atoms with van der Waals surface area (Å²) in [5.74, 6) is -0.492. The van der Waals surface area contributed by atoms with Gasteiger partial charge in [-0.2, -0.15) is 13.2 Å². The molecule has 190 valence electrons. The molecular weight excluding hydrogens is 505 g/mol. The molecule has 2 atom stereocenters. The van der Waals surface area contributed by atoms with E-state index in [0.717, 1.165) is 5.56 Å². The molecule has 35 heavy (non-hydrogen) atoms. The van der Waals surface area contributed by atoms with Gasteiger partial charge in [-0.05, 0) is 17.5 Å². The molecule has 7 nitrogen and oxygen atoms in total. The zero-order valence-corrected chi connectivity index (χ0v) is 20.2. The number of rotatable bonds is 12. The first-order valence-corrected chi connectivity index (χ1v) is 12.7. The number of aromatic carboxylic acids is 1. The third-order valence-corrected chi connectivity index (χ3v) is 7.16. The van der Waals surface area contributed by atoms with Gasteiger partial charge in [-0.25, -0.2) is 9.78 Å². The normalized spacial score (nSPS) is 17.4. The number of hydrogen-bond acceptors (Lipinski definition) is 7. The van der Waals surface area contributed by atoms with Crippen molar-refractivity contribution in [1.82, 2.24) is 9.88 Å². The molecule has 0 aliphatic carbocycles. The van der Waals surface area contributed by atoms with Gasteiger partial charge >= 0.3 is 12.1 Å². The molecule has 1 fully saturated rings. The van der Waals surface area contributed by atoms with Crippen LogP contribution >= 0.6 is 23.1 Å². The number of alkyl halides is 3. The summed E-state index contributed by atoms with van der Waals surface area (Å²) in [4.78, 5) is 29.0. The molecule has 0 spiro atoms. The van der Waals surface area contributed by atoms with Gasteiger partial charge in [0.15, 0.2) is 10.0 Å². The van der Waals surface area contributed by atoms with Crippen LogP contribution in [0.25, 0.3) is 0 Å². The third-order valence-electron chi connectivity index (χ3n) is 5.16. The van der Waals surface area contributed by atoms with Gasteiger partial charge in [0.1, 0.15) is 6.61 Å². The first-order valence-electron chi connectivity index (χ1n) is 10.8. The van der Waals surface area contributed by atoms with E-state index in [0.29, 0.717) is 35.0 Å². The topological polar surface area (TPSA) is 100.0 Å². The lowest BCUT2D eigenvalue weighted by atomic mass is 10.0. The van der Waals surface area contributed by atoms with Crippen LogP contribution in [-0.2, 0) is 22.6 Å². The number of thiazole rings is 1. The minimum absolute atomic E-state index is 0.00363. The number of aliphatic hydroxyl groups excluding tert-OH is 1. The lowest BCUT2D eigenvalue weighted by molar-refractivity contribution is -0.176. The molecule has 2 N–H and O–H groups in total. The molecule has 1 unspecified atom stereocenters. The summed E-state index contributed by atoms with van der Waals surface area (Å²) in [5, 5.41) is 20.9. The fraction of sp³-hybridized carbons (Fsp3) is 0.435. The number of aliphatic hydroxyl groups is 1. The van der Waals surface area contributed by atoms with E-state index in [1.54, 1.807) is 35.2 Å². The molecule has 12 heteroatoms. The van der Waals surface area contributed by atoms with E-state index in [-0.39, 0.29) is 30.7 Å². The Labute approximate surface area is 208 Å². The SMILES string of the molecule is O=C(O)c1csc(SCCN2C(=O)CCC2/C=C/[C@@H](O)Cc2cccc(COCC(F)(F)F)c2)n1. The second-order valence-electron chi connectivity index (χ2n) is 7.93. The van der Waals surface area contributed by atoms with Crippen molar-refractivity contribution in [2.24, 2.45) is 0 Å². The summed E-state index contributed by atoms with van der Waals surface area (Å²) >= 11 is 2.63. The molecule has 0 radical (unpaired) electrons. The van der Waals surface area contributed by atoms with Crippen molar-refractivity contribution in [1.29, 1.82) is 0 Å². The molecule has 1 saturated heterocycles. The van der Waals surface area contributed by atoms with Crippen molar-refractivity contribution in [2.45, 2.75) is 48.5 Å². The van der Waals surface area contributed by atoms with Crippen LogP contribution in [-0.4, -0.2) is 69.2 Å². The third kappa shape index (κ3) is 8.95. The van der Waals surface area contributed by atoms with Crippen LogP contribution < -0.4 is 0 Å². The van der Waals surface area contributed by atoms with Crippen molar-refractivity contribution in [2.75, 3.05) is 18.9 Å².